The number of rotatable bonds is 2. The van der Waals surface area contributed by atoms with E-state index < -0.39 is 6.03 Å². The summed E-state index contributed by atoms with van der Waals surface area (Å²) in [5.74, 6) is -0.0697. The smallest absolute Gasteiger partial charge is 0.339 e. The van der Waals surface area contributed by atoms with Crippen molar-refractivity contribution in [2.24, 2.45) is 5.73 Å². The van der Waals surface area contributed by atoms with Gasteiger partial charge in [0.05, 0.1) is 12.1 Å². The molecule has 0 aromatic carbocycles. The first-order valence-corrected chi connectivity index (χ1v) is 4.05. The molecule has 0 radical (unpaired) electrons. The van der Waals surface area contributed by atoms with Crippen LogP contribution in [0.25, 0.3) is 0 Å². The largest absolute Gasteiger partial charge is 0.350 e. The van der Waals surface area contributed by atoms with Gasteiger partial charge in [0.1, 0.15) is 0 Å². The van der Waals surface area contributed by atoms with Crippen molar-refractivity contribution in [3.63, 3.8) is 0 Å². The van der Waals surface area contributed by atoms with Gasteiger partial charge in [-0.05, 0) is 6.07 Å². The fourth-order valence-electron chi connectivity index (χ4n) is 0.892. The first-order chi connectivity index (χ1) is 6.50. The summed E-state index contributed by atoms with van der Waals surface area (Å²) in [5, 5.41) is 3.83. The molecule has 2 amide bonds. The van der Waals surface area contributed by atoms with Crippen LogP contribution in [0.3, 0.4) is 0 Å². The van der Waals surface area contributed by atoms with E-state index in [9.17, 15) is 9.59 Å². The Bertz CT molecular complexity index is 356. The summed E-state index contributed by atoms with van der Waals surface area (Å²) in [5.41, 5.74) is 5.51. The van der Waals surface area contributed by atoms with Gasteiger partial charge in [-0.3, -0.25) is 4.79 Å². The maximum atomic E-state index is 11.3. The Hall–Kier alpha value is -1.85. The molecule has 14 heavy (non-hydrogen) atoms. The van der Waals surface area contributed by atoms with E-state index in [1.165, 1.54) is 11.1 Å². The van der Waals surface area contributed by atoms with Crippen LogP contribution in [0.5, 0.6) is 0 Å². The molecule has 0 atom stereocenters. The van der Waals surface area contributed by atoms with Crippen LogP contribution in [0.15, 0.2) is 12.3 Å². The van der Waals surface area contributed by atoms with E-state index >= 15 is 0 Å². The van der Waals surface area contributed by atoms with E-state index in [-0.39, 0.29) is 12.3 Å². The molecule has 0 aliphatic heterocycles. The van der Waals surface area contributed by atoms with Gasteiger partial charge in [-0.25, -0.2) is 4.79 Å². The van der Waals surface area contributed by atoms with Crippen molar-refractivity contribution in [1.82, 2.24) is 14.7 Å². The standard InChI is InChI=1S/C8H12N4O2/c1-11(2)7(13)5-6-3-4-12(10-6)8(9)14/h3-4H,5H2,1-2H3,(H2,9,14). The van der Waals surface area contributed by atoms with Gasteiger partial charge in [0.25, 0.3) is 0 Å². The van der Waals surface area contributed by atoms with Gasteiger partial charge in [0, 0.05) is 20.3 Å². The monoisotopic (exact) mass is 196 g/mol. The number of aromatic nitrogens is 2. The lowest BCUT2D eigenvalue weighted by atomic mass is 10.3. The topological polar surface area (TPSA) is 81.2 Å². The summed E-state index contributed by atoms with van der Waals surface area (Å²) < 4.78 is 0.998. The second-order valence-electron chi connectivity index (χ2n) is 3.05. The summed E-state index contributed by atoms with van der Waals surface area (Å²) in [6, 6.07) is 0.931. The molecule has 0 saturated heterocycles. The SMILES string of the molecule is CN(C)C(=O)Cc1ccn(C(N)=O)n1. The van der Waals surface area contributed by atoms with Gasteiger partial charge in [-0.15, -0.1) is 0 Å². The zero-order valence-electron chi connectivity index (χ0n) is 8.10. The first-order valence-electron chi connectivity index (χ1n) is 4.05. The minimum Gasteiger partial charge on any atom is -0.350 e. The molecule has 0 fully saturated rings. The molecular formula is C8H12N4O2. The number of nitrogens with two attached hydrogens (primary N) is 1. The van der Waals surface area contributed by atoms with Gasteiger partial charge in [-0.2, -0.15) is 9.78 Å². The summed E-state index contributed by atoms with van der Waals surface area (Å²) >= 11 is 0. The van der Waals surface area contributed by atoms with Crippen LogP contribution in [0.2, 0.25) is 0 Å². The summed E-state index contributed by atoms with van der Waals surface area (Å²) in [7, 11) is 3.32. The third kappa shape index (κ3) is 2.32. The second kappa shape index (κ2) is 3.91. The lowest BCUT2D eigenvalue weighted by Gasteiger charge is -2.07. The third-order valence-electron chi connectivity index (χ3n) is 1.70. The van der Waals surface area contributed by atoms with Crippen LogP contribution in [0.4, 0.5) is 4.79 Å². The van der Waals surface area contributed by atoms with Crippen LogP contribution in [-0.2, 0) is 11.2 Å². The average molecular weight is 196 g/mol. The second-order valence-corrected chi connectivity index (χ2v) is 3.05. The summed E-state index contributed by atoms with van der Waals surface area (Å²) in [6.45, 7) is 0. The zero-order valence-corrected chi connectivity index (χ0v) is 8.10. The quantitative estimate of drug-likeness (QED) is 0.688. The molecule has 6 nitrogen and oxygen atoms in total. The molecule has 76 valence electrons. The van der Waals surface area contributed by atoms with Gasteiger partial charge in [0.15, 0.2) is 0 Å². The summed E-state index contributed by atoms with van der Waals surface area (Å²) in [4.78, 5) is 23.4. The number of hydrogen-bond donors (Lipinski definition) is 1. The van der Waals surface area contributed by atoms with Crippen molar-refractivity contribution < 1.29 is 9.59 Å². The molecule has 1 rings (SSSR count). The van der Waals surface area contributed by atoms with Gasteiger partial charge >= 0.3 is 6.03 Å². The molecule has 1 aromatic rings. The zero-order chi connectivity index (χ0) is 10.7. The van der Waals surface area contributed by atoms with Gasteiger partial charge in [0.2, 0.25) is 5.91 Å². The Balaban J connectivity index is 2.69. The van der Waals surface area contributed by atoms with Crippen molar-refractivity contribution in [2.45, 2.75) is 6.42 Å². The third-order valence-corrected chi connectivity index (χ3v) is 1.70. The Morgan fingerprint density at radius 1 is 1.57 bits per heavy atom. The number of carbonyl (C=O) groups excluding carboxylic acids is 2. The first kappa shape index (κ1) is 10.2. The molecule has 0 aliphatic carbocycles. The van der Waals surface area contributed by atoms with E-state index in [1.807, 2.05) is 0 Å². The average Bonchev–Trinajstić information content (AvgIpc) is 2.52. The van der Waals surface area contributed by atoms with Crippen molar-refractivity contribution in [2.75, 3.05) is 14.1 Å². The molecule has 0 aliphatic rings. The van der Waals surface area contributed by atoms with E-state index in [2.05, 4.69) is 5.10 Å². The normalized spacial score (nSPS) is 9.86. The van der Waals surface area contributed by atoms with Gasteiger partial charge in [-0.1, -0.05) is 0 Å². The maximum absolute atomic E-state index is 11.3. The Labute approximate surface area is 81.3 Å². The fourth-order valence-corrected chi connectivity index (χ4v) is 0.892. The molecule has 6 heteroatoms. The van der Waals surface area contributed by atoms with E-state index in [4.69, 9.17) is 5.73 Å². The van der Waals surface area contributed by atoms with Crippen LogP contribution in [-0.4, -0.2) is 40.7 Å². The predicted molar refractivity (Wildman–Crippen MR) is 49.6 cm³/mol. The van der Waals surface area contributed by atoms with Crippen molar-refractivity contribution >= 4 is 11.9 Å². The van der Waals surface area contributed by atoms with Crippen LogP contribution in [0, 0.1) is 0 Å². The van der Waals surface area contributed by atoms with Crippen molar-refractivity contribution in [3.8, 4) is 0 Å². The summed E-state index contributed by atoms with van der Waals surface area (Å²) in [6.07, 6.45) is 1.61. The molecular weight excluding hydrogens is 184 g/mol. The van der Waals surface area contributed by atoms with Crippen LogP contribution < -0.4 is 5.73 Å². The fraction of sp³-hybridized carbons (Fsp3) is 0.375. The Morgan fingerprint density at radius 2 is 2.21 bits per heavy atom. The van der Waals surface area contributed by atoms with Crippen LogP contribution >= 0.6 is 0 Å². The molecule has 0 saturated carbocycles. The number of carbonyl (C=O) groups is 2. The highest BCUT2D eigenvalue weighted by atomic mass is 16.2. The molecule has 0 unspecified atom stereocenters. The number of hydrogen-bond acceptors (Lipinski definition) is 3. The highest BCUT2D eigenvalue weighted by Gasteiger charge is 2.09. The number of primary amides is 1. The van der Waals surface area contributed by atoms with Crippen LogP contribution in [0.1, 0.15) is 5.69 Å². The number of likely N-dealkylation sites (N-methyl/N-ethyl adjacent to an activating group) is 1. The Kier molecular flexibility index (Phi) is 2.85. The minimum absolute atomic E-state index is 0.0697. The number of amides is 2. The van der Waals surface area contributed by atoms with E-state index in [0.717, 1.165) is 4.68 Å². The molecule has 0 spiro atoms. The van der Waals surface area contributed by atoms with E-state index in [0.29, 0.717) is 5.69 Å². The lowest BCUT2D eigenvalue weighted by Crippen LogP contribution is -2.24. The lowest BCUT2D eigenvalue weighted by molar-refractivity contribution is -0.128. The molecule has 2 N–H and O–H groups in total. The van der Waals surface area contributed by atoms with Crippen molar-refractivity contribution in [1.29, 1.82) is 0 Å². The predicted octanol–water partition coefficient (Wildman–Crippen LogP) is -0.559. The Morgan fingerprint density at radius 3 is 2.64 bits per heavy atom. The van der Waals surface area contributed by atoms with Gasteiger partial charge < -0.3 is 10.6 Å². The highest BCUT2D eigenvalue weighted by molar-refractivity contribution is 5.78. The minimum atomic E-state index is -0.659. The van der Waals surface area contributed by atoms with Crippen molar-refractivity contribution in [3.05, 3.63) is 18.0 Å². The highest BCUT2D eigenvalue weighted by Crippen LogP contribution is 1.98. The van der Waals surface area contributed by atoms with E-state index in [1.54, 1.807) is 20.2 Å². The number of nitrogens with zero attached hydrogens (tertiary/aromatic N) is 3. The maximum Gasteiger partial charge on any atom is 0.339 e. The molecule has 1 heterocycles. The molecule has 1 aromatic heterocycles. The molecule has 0 bridgehead atoms.